The SMILES string of the molecule is CC(Cl)c1nc2cc(F)c(Br)cc2n1CC1CCSC1. The Balaban J connectivity index is 2.10. The van der Waals surface area contributed by atoms with E-state index < -0.39 is 0 Å². The molecule has 1 fully saturated rings. The van der Waals surface area contributed by atoms with Gasteiger partial charge in [-0.2, -0.15) is 11.8 Å². The molecule has 0 radical (unpaired) electrons. The van der Waals surface area contributed by atoms with Crippen LogP contribution in [0.3, 0.4) is 0 Å². The molecule has 108 valence electrons. The van der Waals surface area contributed by atoms with Gasteiger partial charge >= 0.3 is 0 Å². The Bertz CT molecular complexity index is 638. The summed E-state index contributed by atoms with van der Waals surface area (Å²) in [4.78, 5) is 4.52. The maximum absolute atomic E-state index is 13.7. The molecule has 2 atom stereocenters. The Kier molecular flexibility index (Phi) is 4.29. The number of imidazole rings is 1. The minimum absolute atomic E-state index is 0.182. The largest absolute Gasteiger partial charge is 0.326 e. The topological polar surface area (TPSA) is 17.8 Å². The van der Waals surface area contributed by atoms with Gasteiger partial charge in [0.2, 0.25) is 0 Å². The van der Waals surface area contributed by atoms with Crippen LogP contribution >= 0.6 is 39.3 Å². The van der Waals surface area contributed by atoms with Crippen LogP contribution in [0.1, 0.15) is 24.5 Å². The van der Waals surface area contributed by atoms with E-state index in [0.717, 1.165) is 17.9 Å². The normalized spacial score (nSPS) is 20.7. The fourth-order valence-corrected chi connectivity index (χ4v) is 4.39. The number of benzene rings is 1. The van der Waals surface area contributed by atoms with Gasteiger partial charge in [0.25, 0.3) is 0 Å². The van der Waals surface area contributed by atoms with Crippen LogP contribution in [0.4, 0.5) is 4.39 Å². The standard InChI is InChI=1S/C14H15BrClFN2S/c1-8(16)14-18-12-5-11(17)10(15)4-13(12)19(14)6-9-2-3-20-7-9/h4-5,8-9H,2-3,6-7H2,1H3. The lowest BCUT2D eigenvalue weighted by Gasteiger charge is -2.14. The molecule has 0 amide bonds. The van der Waals surface area contributed by atoms with Gasteiger partial charge in [-0.1, -0.05) is 0 Å². The summed E-state index contributed by atoms with van der Waals surface area (Å²) in [5.41, 5.74) is 1.64. The molecule has 2 unspecified atom stereocenters. The molecule has 1 aliphatic heterocycles. The molecule has 1 aromatic carbocycles. The first-order chi connectivity index (χ1) is 9.56. The maximum Gasteiger partial charge on any atom is 0.139 e. The molecule has 0 saturated carbocycles. The Morgan fingerprint density at radius 1 is 1.60 bits per heavy atom. The molecule has 0 N–H and O–H groups in total. The summed E-state index contributed by atoms with van der Waals surface area (Å²) < 4.78 is 16.3. The fourth-order valence-electron chi connectivity index (χ4n) is 2.62. The number of hydrogen-bond donors (Lipinski definition) is 0. The number of rotatable bonds is 3. The van der Waals surface area contributed by atoms with Crippen molar-refractivity contribution in [2.24, 2.45) is 5.92 Å². The molecule has 0 spiro atoms. The average molecular weight is 378 g/mol. The predicted molar refractivity (Wildman–Crippen MR) is 87.1 cm³/mol. The van der Waals surface area contributed by atoms with Gasteiger partial charge in [0.05, 0.1) is 20.9 Å². The summed E-state index contributed by atoms with van der Waals surface area (Å²) in [7, 11) is 0. The van der Waals surface area contributed by atoms with Crippen LogP contribution in [-0.2, 0) is 6.54 Å². The third-order valence-electron chi connectivity index (χ3n) is 3.64. The van der Waals surface area contributed by atoms with E-state index in [1.807, 2.05) is 24.8 Å². The lowest BCUT2D eigenvalue weighted by Crippen LogP contribution is -2.13. The number of thioether (sulfide) groups is 1. The number of hydrogen-bond acceptors (Lipinski definition) is 2. The van der Waals surface area contributed by atoms with Gasteiger partial charge in [-0.3, -0.25) is 0 Å². The van der Waals surface area contributed by atoms with E-state index in [1.54, 1.807) is 0 Å². The van der Waals surface area contributed by atoms with E-state index in [2.05, 4.69) is 25.5 Å². The van der Waals surface area contributed by atoms with Gasteiger partial charge in [-0.25, -0.2) is 9.37 Å². The highest BCUT2D eigenvalue weighted by Crippen LogP contribution is 2.32. The zero-order valence-corrected chi connectivity index (χ0v) is 14.2. The van der Waals surface area contributed by atoms with Crippen LogP contribution in [0.2, 0.25) is 0 Å². The van der Waals surface area contributed by atoms with Crippen molar-refractivity contribution < 1.29 is 4.39 Å². The Morgan fingerprint density at radius 3 is 3.05 bits per heavy atom. The van der Waals surface area contributed by atoms with Crippen molar-refractivity contribution in [2.75, 3.05) is 11.5 Å². The minimum atomic E-state index is -0.285. The second kappa shape index (κ2) is 5.85. The number of aromatic nitrogens is 2. The average Bonchev–Trinajstić information content (AvgIpc) is 3.00. The van der Waals surface area contributed by atoms with Gasteiger partial charge < -0.3 is 4.57 Å². The highest BCUT2D eigenvalue weighted by atomic mass is 79.9. The van der Waals surface area contributed by atoms with Crippen LogP contribution in [-0.4, -0.2) is 21.1 Å². The first-order valence-electron chi connectivity index (χ1n) is 6.63. The summed E-state index contributed by atoms with van der Waals surface area (Å²) in [6.45, 7) is 2.82. The molecule has 1 aromatic heterocycles. The Morgan fingerprint density at radius 2 is 2.40 bits per heavy atom. The molecule has 2 aromatic rings. The molecule has 2 nitrogen and oxygen atoms in total. The minimum Gasteiger partial charge on any atom is -0.326 e. The smallest absolute Gasteiger partial charge is 0.139 e. The van der Waals surface area contributed by atoms with Crippen molar-refractivity contribution in [1.29, 1.82) is 0 Å². The predicted octanol–water partition coefficient (Wildman–Crippen LogP) is 4.99. The van der Waals surface area contributed by atoms with Crippen LogP contribution in [0.25, 0.3) is 11.0 Å². The molecule has 20 heavy (non-hydrogen) atoms. The molecule has 0 bridgehead atoms. The van der Waals surface area contributed by atoms with Gasteiger partial charge in [0.15, 0.2) is 0 Å². The van der Waals surface area contributed by atoms with Gasteiger partial charge in [0, 0.05) is 12.6 Å². The van der Waals surface area contributed by atoms with E-state index in [-0.39, 0.29) is 11.2 Å². The summed E-state index contributed by atoms with van der Waals surface area (Å²) in [6, 6.07) is 3.28. The van der Waals surface area contributed by atoms with Crippen molar-refractivity contribution in [3.05, 3.63) is 28.2 Å². The monoisotopic (exact) mass is 376 g/mol. The molecule has 6 heteroatoms. The quantitative estimate of drug-likeness (QED) is 0.701. The van der Waals surface area contributed by atoms with Crippen LogP contribution in [0.5, 0.6) is 0 Å². The molecule has 1 aliphatic rings. The Hall–Kier alpha value is -0.260. The van der Waals surface area contributed by atoms with E-state index in [0.29, 0.717) is 15.9 Å². The Labute approximate surface area is 135 Å². The van der Waals surface area contributed by atoms with Gasteiger partial charge in [0.1, 0.15) is 11.6 Å². The summed E-state index contributed by atoms with van der Waals surface area (Å²) in [6.07, 6.45) is 1.23. The molecular weight excluding hydrogens is 363 g/mol. The third kappa shape index (κ3) is 2.72. The van der Waals surface area contributed by atoms with E-state index in [9.17, 15) is 4.39 Å². The highest BCUT2D eigenvalue weighted by molar-refractivity contribution is 9.10. The van der Waals surface area contributed by atoms with Crippen molar-refractivity contribution >= 4 is 50.3 Å². The second-order valence-corrected chi connectivity index (χ2v) is 7.84. The molecule has 2 heterocycles. The zero-order chi connectivity index (χ0) is 14.3. The first-order valence-corrected chi connectivity index (χ1v) is 9.01. The first kappa shape index (κ1) is 14.7. The van der Waals surface area contributed by atoms with Crippen molar-refractivity contribution in [3.8, 4) is 0 Å². The van der Waals surface area contributed by atoms with Crippen molar-refractivity contribution in [1.82, 2.24) is 9.55 Å². The molecule has 1 saturated heterocycles. The van der Waals surface area contributed by atoms with Crippen molar-refractivity contribution in [3.63, 3.8) is 0 Å². The third-order valence-corrected chi connectivity index (χ3v) is 5.67. The van der Waals surface area contributed by atoms with E-state index in [4.69, 9.17) is 11.6 Å². The summed E-state index contributed by atoms with van der Waals surface area (Å²) in [5.74, 6) is 3.60. The van der Waals surface area contributed by atoms with Crippen molar-refractivity contribution in [2.45, 2.75) is 25.3 Å². The number of fused-ring (bicyclic) bond motifs is 1. The van der Waals surface area contributed by atoms with E-state index in [1.165, 1.54) is 24.0 Å². The molecule has 3 rings (SSSR count). The maximum atomic E-state index is 13.7. The van der Waals surface area contributed by atoms with Gasteiger partial charge in [-0.05, 0) is 52.8 Å². The van der Waals surface area contributed by atoms with Crippen LogP contribution in [0, 0.1) is 11.7 Å². The highest BCUT2D eigenvalue weighted by Gasteiger charge is 2.22. The zero-order valence-electron chi connectivity index (χ0n) is 11.1. The van der Waals surface area contributed by atoms with Gasteiger partial charge in [-0.15, -0.1) is 11.6 Å². The van der Waals surface area contributed by atoms with Crippen LogP contribution in [0.15, 0.2) is 16.6 Å². The van der Waals surface area contributed by atoms with Crippen LogP contribution < -0.4 is 0 Å². The molecular formula is C14H15BrClFN2S. The summed E-state index contributed by atoms with van der Waals surface area (Å²) >= 11 is 11.5. The second-order valence-electron chi connectivity index (χ2n) is 5.18. The lowest BCUT2D eigenvalue weighted by molar-refractivity contribution is 0.488. The lowest BCUT2D eigenvalue weighted by atomic mass is 10.1. The number of alkyl halides is 1. The summed E-state index contributed by atoms with van der Waals surface area (Å²) in [5, 5.41) is -0.182. The molecule has 0 aliphatic carbocycles. The number of halogens is 3. The van der Waals surface area contributed by atoms with E-state index >= 15 is 0 Å². The number of nitrogens with zero attached hydrogens (tertiary/aromatic N) is 2. The fraction of sp³-hybridized carbons (Fsp3) is 0.500.